The summed E-state index contributed by atoms with van der Waals surface area (Å²) in [5, 5.41) is 3.06. The summed E-state index contributed by atoms with van der Waals surface area (Å²) in [4.78, 5) is 9.84. The van der Waals surface area contributed by atoms with Crippen LogP contribution in [0.25, 0.3) is 0 Å². The maximum atomic E-state index is 9.84. The van der Waals surface area contributed by atoms with Crippen LogP contribution in [0.4, 0.5) is 0 Å². The fraction of sp³-hybridized carbons (Fsp3) is 0.417. The first kappa shape index (κ1) is 19.9. The fourth-order valence-electron chi connectivity index (χ4n) is 0.640. The lowest BCUT2D eigenvalue weighted by molar-refractivity contribution is -0.125. The minimum absolute atomic E-state index is 0.561. The predicted molar refractivity (Wildman–Crippen MR) is 75.0 cm³/mol. The van der Waals surface area contributed by atoms with Crippen LogP contribution in [0.3, 0.4) is 0 Å². The van der Waals surface area contributed by atoms with Crippen LogP contribution < -0.4 is 10.8 Å². The van der Waals surface area contributed by atoms with Crippen LogP contribution in [0.1, 0.15) is 34.1 Å². The number of rotatable bonds is 2. The third-order valence-corrected chi connectivity index (χ3v) is 1.45. The Bertz CT molecular complexity index is 338. The summed E-state index contributed by atoms with van der Waals surface area (Å²) in [6.45, 7) is 7.41. The van der Waals surface area contributed by atoms with Gasteiger partial charge in [0, 0.05) is 18.8 Å². The van der Waals surface area contributed by atoms with Gasteiger partial charge in [0.15, 0.2) is 0 Å². The topological polar surface area (TPSA) is 90.5 Å². The van der Waals surface area contributed by atoms with E-state index in [1.807, 2.05) is 37.4 Å². The Labute approximate surface area is 117 Å². The molecule has 2 N–H and O–H groups in total. The lowest BCUT2D eigenvalue weighted by Crippen LogP contribution is -2.21. The first-order valence-corrected chi connectivity index (χ1v) is 6.73. The van der Waals surface area contributed by atoms with Crippen molar-refractivity contribution in [2.45, 2.75) is 34.1 Å². The Morgan fingerprint density at radius 2 is 2.00 bits per heavy atom. The monoisotopic (exact) mass is 289 g/mol. The van der Waals surface area contributed by atoms with Crippen molar-refractivity contribution in [2.75, 3.05) is 0 Å². The van der Waals surface area contributed by atoms with Gasteiger partial charge >= 0.3 is 0 Å². The van der Waals surface area contributed by atoms with Crippen LogP contribution in [0.5, 0.6) is 0 Å². The van der Waals surface area contributed by atoms with Crippen LogP contribution in [0.15, 0.2) is 36.2 Å². The zero-order chi connectivity index (χ0) is 15.1. The molecule has 1 heterocycles. The van der Waals surface area contributed by atoms with E-state index in [9.17, 15) is 13.6 Å². The molecule has 19 heavy (non-hydrogen) atoms. The number of allylic oxidation sites excluding steroid dienone is 5. The first-order valence-electron chi connectivity index (χ1n) is 5.73. The molecule has 1 unspecified atom stereocenters. The van der Waals surface area contributed by atoms with Gasteiger partial charge < -0.3 is 9.87 Å². The standard InChI is InChI=1S/C7H9N.C3H8.C2H5NO4S/c1-7-5-3-2-4-6-8-7;1-3-2;1-2(4)3-7-8(5)6/h2-6,8H,1H3;3H2,1-2H3;1H3,(H,3,4)(H,5,6)/p-1. The average Bonchev–Trinajstić information content (AvgIpc) is 2.56. The minimum atomic E-state index is -2.67. The van der Waals surface area contributed by atoms with E-state index in [-0.39, 0.29) is 0 Å². The zero-order valence-corrected chi connectivity index (χ0v) is 12.5. The third-order valence-electron chi connectivity index (χ3n) is 1.23. The van der Waals surface area contributed by atoms with E-state index in [0.717, 1.165) is 6.92 Å². The molecular weight excluding hydrogens is 268 g/mol. The number of hydrogen-bond donors (Lipinski definition) is 2. The van der Waals surface area contributed by atoms with E-state index in [2.05, 4.69) is 23.4 Å². The largest absolute Gasteiger partial charge is 0.748 e. The zero-order valence-electron chi connectivity index (χ0n) is 11.6. The second kappa shape index (κ2) is 14.6. The van der Waals surface area contributed by atoms with Crippen molar-refractivity contribution < 1.29 is 17.8 Å². The number of carbonyl (C=O) groups excluding carboxylic acids is 1. The number of carbonyl (C=O) groups is 1. The van der Waals surface area contributed by atoms with Crippen molar-refractivity contribution >= 4 is 17.3 Å². The molecular formula is C12H21N2O4S-. The Morgan fingerprint density at radius 1 is 1.42 bits per heavy atom. The minimum Gasteiger partial charge on any atom is -0.748 e. The summed E-state index contributed by atoms with van der Waals surface area (Å²) in [6, 6.07) is 0. The second-order valence-corrected chi connectivity index (χ2v) is 3.97. The van der Waals surface area contributed by atoms with Gasteiger partial charge in [-0.2, -0.15) is 4.28 Å². The molecule has 0 spiro atoms. The van der Waals surface area contributed by atoms with Crippen molar-refractivity contribution in [3.63, 3.8) is 0 Å². The highest BCUT2D eigenvalue weighted by atomic mass is 32.2. The van der Waals surface area contributed by atoms with Crippen molar-refractivity contribution in [2.24, 2.45) is 0 Å². The molecule has 0 bridgehead atoms. The quantitative estimate of drug-likeness (QED) is 0.598. The fourth-order valence-corrected chi connectivity index (χ4v) is 0.825. The molecule has 6 nitrogen and oxygen atoms in total. The van der Waals surface area contributed by atoms with Crippen LogP contribution in [-0.4, -0.2) is 14.7 Å². The summed E-state index contributed by atoms with van der Waals surface area (Å²) in [5.74, 6) is -0.561. The molecule has 0 saturated heterocycles. The van der Waals surface area contributed by atoms with Crippen molar-refractivity contribution in [1.82, 2.24) is 10.8 Å². The molecule has 1 rings (SSSR count). The van der Waals surface area contributed by atoms with E-state index < -0.39 is 17.3 Å². The summed E-state index contributed by atoms with van der Waals surface area (Å²) in [7, 11) is 0. The molecule has 1 atom stereocenters. The number of nitrogens with one attached hydrogen (secondary N) is 2. The molecule has 0 fully saturated rings. The van der Waals surface area contributed by atoms with E-state index in [1.165, 1.54) is 12.1 Å². The van der Waals surface area contributed by atoms with E-state index >= 15 is 0 Å². The van der Waals surface area contributed by atoms with Crippen molar-refractivity contribution in [3.8, 4) is 0 Å². The lowest BCUT2D eigenvalue weighted by Gasteiger charge is -2.02. The van der Waals surface area contributed by atoms with E-state index in [0.29, 0.717) is 0 Å². The first-order chi connectivity index (χ1) is 8.93. The van der Waals surface area contributed by atoms with Crippen molar-refractivity contribution in [1.29, 1.82) is 0 Å². The van der Waals surface area contributed by atoms with Gasteiger partial charge in [0.1, 0.15) is 11.4 Å². The van der Waals surface area contributed by atoms with Gasteiger partial charge in [-0.1, -0.05) is 32.4 Å². The van der Waals surface area contributed by atoms with Gasteiger partial charge in [0.05, 0.1) is 0 Å². The predicted octanol–water partition coefficient (Wildman–Crippen LogP) is 1.83. The molecule has 0 saturated carbocycles. The van der Waals surface area contributed by atoms with Gasteiger partial charge in [-0.3, -0.25) is 4.79 Å². The molecule has 0 aromatic heterocycles. The van der Waals surface area contributed by atoms with E-state index in [1.54, 1.807) is 5.48 Å². The van der Waals surface area contributed by atoms with Gasteiger partial charge in [-0.05, 0) is 19.1 Å². The maximum absolute atomic E-state index is 9.84. The smallest absolute Gasteiger partial charge is 0.241 e. The molecule has 1 aliphatic rings. The Hall–Kier alpha value is -1.44. The van der Waals surface area contributed by atoms with Crippen LogP contribution in [0, 0.1) is 0 Å². The van der Waals surface area contributed by atoms with Crippen molar-refractivity contribution in [3.05, 3.63) is 36.2 Å². The summed E-state index contributed by atoms with van der Waals surface area (Å²) < 4.78 is 22.6. The van der Waals surface area contributed by atoms with Crippen LogP contribution in [0.2, 0.25) is 0 Å². The van der Waals surface area contributed by atoms with E-state index in [4.69, 9.17) is 0 Å². The maximum Gasteiger partial charge on any atom is 0.241 e. The number of hydrogen-bond acceptors (Lipinski definition) is 5. The molecule has 1 amide bonds. The van der Waals surface area contributed by atoms with Crippen LogP contribution in [-0.2, 0) is 20.4 Å². The molecule has 110 valence electrons. The Balaban J connectivity index is 0. The molecule has 7 heteroatoms. The molecule has 0 radical (unpaired) electrons. The number of hydroxylamine groups is 1. The highest BCUT2D eigenvalue weighted by Gasteiger charge is 1.86. The average molecular weight is 289 g/mol. The SMILES string of the molecule is CC(=O)NOS(=O)[O-].CC1=CC=CC=CN1.CCC. The Morgan fingerprint density at radius 3 is 2.42 bits per heavy atom. The summed E-state index contributed by atoms with van der Waals surface area (Å²) >= 11 is -2.67. The summed E-state index contributed by atoms with van der Waals surface area (Å²) in [6.07, 6.45) is 11.2. The van der Waals surface area contributed by atoms with Gasteiger partial charge in [-0.25, -0.2) is 9.69 Å². The molecule has 0 aromatic carbocycles. The van der Waals surface area contributed by atoms with Gasteiger partial charge in [-0.15, -0.1) is 0 Å². The normalized spacial score (nSPS) is 13.4. The second-order valence-electron chi connectivity index (χ2n) is 3.39. The molecule has 1 aliphatic heterocycles. The highest BCUT2D eigenvalue weighted by molar-refractivity contribution is 7.74. The van der Waals surface area contributed by atoms with Gasteiger partial charge in [0.2, 0.25) is 5.91 Å². The van der Waals surface area contributed by atoms with Gasteiger partial charge in [0.25, 0.3) is 0 Å². The highest BCUT2D eigenvalue weighted by Crippen LogP contribution is 1.91. The third kappa shape index (κ3) is 22.3. The lowest BCUT2D eigenvalue weighted by atomic mass is 10.4. The van der Waals surface area contributed by atoms with Crippen LogP contribution >= 0.6 is 0 Å². The number of amides is 1. The molecule has 0 aliphatic carbocycles. The molecule has 0 aromatic rings. The Kier molecular flexibility index (Phi) is 15.3. The summed E-state index contributed by atoms with van der Waals surface area (Å²) in [5.41, 5.74) is 2.77.